The van der Waals surface area contributed by atoms with Gasteiger partial charge in [0.05, 0.1) is 16.6 Å². The molecule has 4 aliphatic rings. The second-order valence-electron chi connectivity index (χ2n) is 13.4. The highest BCUT2D eigenvalue weighted by molar-refractivity contribution is 5.97. The summed E-state index contributed by atoms with van der Waals surface area (Å²) in [5.74, 6) is 0.0467. The Morgan fingerprint density at radius 2 is 1.65 bits per heavy atom. The summed E-state index contributed by atoms with van der Waals surface area (Å²) < 4.78 is 2.51. The first kappa shape index (κ1) is 26.6. The van der Waals surface area contributed by atoms with Gasteiger partial charge in [0.2, 0.25) is 0 Å². The second-order valence-corrected chi connectivity index (χ2v) is 13.4. The highest BCUT2D eigenvalue weighted by atomic mass is 16.4. The molecular weight excluding hydrogens is 536 g/mol. The number of amides is 1. The molecule has 3 aromatic carbocycles. The van der Waals surface area contributed by atoms with Crippen molar-refractivity contribution in [3.63, 3.8) is 0 Å². The minimum atomic E-state index is -1.01. The van der Waals surface area contributed by atoms with Crippen LogP contribution in [-0.4, -0.2) is 68.1 Å². The summed E-state index contributed by atoms with van der Waals surface area (Å²) in [5.41, 5.74) is 4.89. The molecule has 43 heavy (non-hydrogen) atoms. The molecule has 2 saturated carbocycles. The lowest BCUT2D eigenvalue weighted by atomic mass is 9.70. The molecule has 0 radical (unpaired) electrons. The van der Waals surface area contributed by atoms with Gasteiger partial charge in [0.15, 0.2) is 0 Å². The Labute approximate surface area is 252 Å². The first-order valence-electron chi connectivity index (χ1n) is 15.8. The molecule has 1 spiro atoms. The van der Waals surface area contributed by atoms with Gasteiger partial charge in [-0.05, 0) is 93.3 Å². The molecule has 1 amide bonds. The monoisotopic (exact) mass is 574 g/mol. The van der Waals surface area contributed by atoms with E-state index in [1.165, 1.54) is 42.5 Å². The number of para-hydroxylation sites is 2. The number of imidazole rings is 1. The molecule has 2 aliphatic carbocycles. The van der Waals surface area contributed by atoms with Crippen LogP contribution in [0.1, 0.15) is 76.7 Å². The lowest BCUT2D eigenvalue weighted by molar-refractivity contribution is 0.0218. The van der Waals surface area contributed by atoms with E-state index in [1.54, 1.807) is 12.1 Å². The summed E-state index contributed by atoms with van der Waals surface area (Å²) >= 11 is 0. The van der Waals surface area contributed by atoms with Crippen molar-refractivity contribution in [2.75, 3.05) is 19.6 Å². The number of hydrogen-bond donors (Lipinski definition) is 1. The van der Waals surface area contributed by atoms with Crippen LogP contribution in [-0.2, 0) is 5.41 Å². The van der Waals surface area contributed by atoms with Gasteiger partial charge in [0.1, 0.15) is 5.82 Å². The average Bonchev–Trinajstić information content (AvgIpc) is 3.35. The number of aromatic carboxylic acids is 1. The summed E-state index contributed by atoms with van der Waals surface area (Å²) in [7, 11) is 0. The quantitative estimate of drug-likeness (QED) is 0.289. The van der Waals surface area contributed by atoms with E-state index in [-0.39, 0.29) is 16.9 Å². The lowest BCUT2D eigenvalue weighted by Crippen LogP contribution is -2.55. The number of piperidine rings is 1. The van der Waals surface area contributed by atoms with Crippen molar-refractivity contribution in [2.45, 2.75) is 69.0 Å². The number of carbonyl (C=O) groups is 2. The summed E-state index contributed by atoms with van der Waals surface area (Å²) in [5, 5.41) is 9.39. The molecule has 8 rings (SSSR count). The highest BCUT2D eigenvalue weighted by Gasteiger charge is 2.75. The molecule has 0 bridgehead atoms. The number of hydrogen-bond acceptors (Lipinski definition) is 4. The van der Waals surface area contributed by atoms with Crippen molar-refractivity contribution in [1.82, 2.24) is 19.4 Å². The number of likely N-dealkylation sites (tertiary alicyclic amines) is 2. The Kier molecular flexibility index (Phi) is 6.06. The molecule has 1 N–H and O–H groups in total. The lowest BCUT2D eigenvalue weighted by Gasteiger charge is -2.48. The number of benzene rings is 3. The van der Waals surface area contributed by atoms with E-state index >= 15 is 0 Å². The Morgan fingerprint density at radius 1 is 0.907 bits per heavy atom. The fourth-order valence-corrected chi connectivity index (χ4v) is 9.13. The molecule has 1 aromatic heterocycles. The SMILES string of the molecule is Cc1nc2ccccc2n1C1CC2N(CCC3(c4ccccc4)CCN(C(=O)c4cccc(C(=O)O)c4)CC3)C3CC23C1. The van der Waals surface area contributed by atoms with Crippen LogP contribution in [0.5, 0.6) is 0 Å². The van der Waals surface area contributed by atoms with Crippen molar-refractivity contribution in [2.24, 2.45) is 5.41 Å². The zero-order chi connectivity index (χ0) is 29.3. The third kappa shape index (κ3) is 4.15. The van der Waals surface area contributed by atoms with Crippen LogP contribution < -0.4 is 0 Å². The van der Waals surface area contributed by atoms with Crippen molar-refractivity contribution in [1.29, 1.82) is 0 Å². The van der Waals surface area contributed by atoms with Gasteiger partial charge in [-0.25, -0.2) is 9.78 Å². The van der Waals surface area contributed by atoms with Crippen LogP contribution in [0.2, 0.25) is 0 Å². The Morgan fingerprint density at radius 3 is 2.44 bits per heavy atom. The first-order chi connectivity index (χ1) is 20.9. The number of carboxylic acids is 1. The van der Waals surface area contributed by atoms with Gasteiger partial charge in [0.25, 0.3) is 5.91 Å². The van der Waals surface area contributed by atoms with Crippen LogP contribution >= 0.6 is 0 Å². The van der Waals surface area contributed by atoms with Crippen LogP contribution in [0.15, 0.2) is 78.9 Å². The number of fused-ring (bicyclic) bond motifs is 1. The van der Waals surface area contributed by atoms with Crippen molar-refractivity contribution in [3.05, 3.63) is 101 Å². The third-order valence-electron chi connectivity index (χ3n) is 11.4. The molecule has 220 valence electrons. The maximum absolute atomic E-state index is 13.4. The first-order valence-corrected chi connectivity index (χ1v) is 15.8. The Hall–Kier alpha value is -3.97. The standard InChI is InChI=1S/C36H38N4O3/c1-24-37-29-12-5-6-13-30(29)40(24)28-21-31-36(22-28)23-32(36)39(31)19-16-35(27-10-3-2-4-11-27)14-17-38(18-15-35)33(41)25-8-7-9-26(20-25)34(42)43/h2-13,20,28,31-32H,14-19,21-23H2,1H3,(H,42,43). The number of nitrogens with zero attached hydrogens (tertiary/aromatic N) is 4. The topological polar surface area (TPSA) is 78.7 Å². The normalized spacial score (nSPS) is 27.4. The van der Waals surface area contributed by atoms with E-state index in [2.05, 4.69) is 71.0 Å². The predicted octanol–water partition coefficient (Wildman–Crippen LogP) is 6.09. The number of carboxylic acid groups (broad SMARTS) is 1. The van der Waals surface area contributed by atoms with Crippen LogP contribution in [0.3, 0.4) is 0 Å². The molecular formula is C36H38N4O3. The smallest absolute Gasteiger partial charge is 0.335 e. The van der Waals surface area contributed by atoms with Crippen molar-refractivity contribution < 1.29 is 14.7 Å². The fourth-order valence-electron chi connectivity index (χ4n) is 9.13. The van der Waals surface area contributed by atoms with E-state index in [1.807, 2.05) is 4.90 Å². The largest absolute Gasteiger partial charge is 0.478 e. The van der Waals surface area contributed by atoms with Gasteiger partial charge < -0.3 is 14.6 Å². The van der Waals surface area contributed by atoms with Gasteiger partial charge in [-0.2, -0.15) is 0 Å². The fraction of sp³-hybridized carbons (Fsp3) is 0.417. The van der Waals surface area contributed by atoms with Gasteiger partial charge in [-0.3, -0.25) is 9.69 Å². The molecule has 7 heteroatoms. The average molecular weight is 575 g/mol. The summed E-state index contributed by atoms with van der Waals surface area (Å²) in [6.07, 6.45) is 6.72. The van der Waals surface area contributed by atoms with Crippen molar-refractivity contribution >= 4 is 22.9 Å². The number of rotatable bonds is 7. The van der Waals surface area contributed by atoms with E-state index in [9.17, 15) is 14.7 Å². The number of aryl methyl sites for hydroxylation is 1. The molecule has 4 unspecified atom stereocenters. The van der Waals surface area contributed by atoms with E-state index < -0.39 is 5.97 Å². The summed E-state index contributed by atoms with van der Waals surface area (Å²) in [4.78, 5) is 34.4. The molecule has 2 saturated heterocycles. The van der Waals surface area contributed by atoms with Gasteiger partial charge >= 0.3 is 5.97 Å². The zero-order valence-corrected chi connectivity index (χ0v) is 24.7. The second kappa shape index (κ2) is 9.78. The summed E-state index contributed by atoms with van der Waals surface area (Å²) in [6.45, 7) is 4.61. The molecule has 4 aromatic rings. The minimum absolute atomic E-state index is 0.0310. The van der Waals surface area contributed by atoms with E-state index in [4.69, 9.17) is 4.98 Å². The van der Waals surface area contributed by atoms with Crippen LogP contribution in [0.4, 0.5) is 0 Å². The predicted molar refractivity (Wildman–Crippen MR) is 165 cm³/mol. The minimum Gasteiger partial charge on any atom is -0.478 e. The van der Waals surface area contributed by atoms with Gasteiger partial charge in [0, 0.05) is 42.2 Å². The van der Waals surface area contributed by atoms with Crippen molar-refractivity contribution in [3.8, 4) is 0 Å². The van der Waals surface area contributed by atoms with E-state index in [0.29, 0.717) is 42.2 Å². The van der Waals surface area contributed by atoms with Gasteiger partial charge in [-0.15, -0.1) is 0 Å². The molecule has 2 aliphatic heterocycles. The summed E-state index contributed by atoms with van der Waals surface area (Å²) in [6, 6.07) is 27.8. The molecule has 7 nitrogen and oxygen atoms in total. The number of carbonyl (C=O) groups excluding carboxylic acids is 1. The zero-order valence-electron chi connectivity index (χ0n) is 24.7. The number of aromatic nitrogens is 2. The highest BCUT2D eigenvalue weighted by Crippen LogP contribution is 2.72. The van der Waals surface area contributed by atoms with E-state index in [0.717, 1.165) is 37.1 Å². The maximum atomic E-state index is 13.4. The Balaban J connectivity index is 0.977. The molecule has 4 fully saturated rings. The van der Waals surface area contributed by atoms with Crippen LogP contribution in [0, 0.1) is 12.3 Å². The maximum Gasteiger partial charge on any atom is 0.335 e. The van der Waals surface area contributed by atoms with Crippen LogP contribution in [0.25, 0.3) is 11.0 Å². The Bertz CT molecular complexity index is 1720. The van der Waals surface area contributed by atoms with Gasteiger partial charge in [-0.1, -0.05) is 48.5 Å². The molecule has 4 atom stereocenters. The third-order valence-corrected chi connectivity index (χ3v) is 11.4. The molecule has 3 heterocycles.